The fourth-order valence-electron chi connectivity index (χ4n) is 3.01. The lowest BCUT2D eigenvalue weighted by molar-refractivity contribution is -0.116. The van der Waals surface area contributed by atoms with Crippen molar-refractivity contribution in [3.05, 3.63) is 41.0 Å². The van der Waals surface area contributed by atoms with Gasteiger partial charge in [-0.15, -0.1) is 0 Å². The number of rotatable bonds is 9. The highest BCUT2D eigenvalue weighted by molar-refractivity contribution is 6.32. The molecule has 0 aliphatic heterocycles. The van der Waals surface area contributed by atoms with Crippen LogP contribution in [0.3, 0.4) is 0 Å². The lowest BCUT2D eigenvalue weighted by Gasteiger charge is -2.22. The zero-order valence-corrected chi connectivity index (χ0v) is 19.9. The van der Waals surface area contributed by atoms with Crippen molar-refractivity contribution in [3.63, 3.8) is 0 Å². The van der Waals surface area contributed by atoms with Gasteiger partial charge < -0.3 is 15.5 Å². The van der Waals surface area contributed by atoms with Crippen LogP contribution in [0.25, 0.3) is 5.69 Å². The smallest absolute Gasteiger partial charge is 0.317 e. The highest BCUT2D eigenvalue weighted by atomic mass is 35.5. The average molecular weight is 448 g/mol. The second-order valence-electron chi connectivity index (χ2n) is 8.58. The van der Waals surface area contributed by atoms with Crippen molar-refractivity contribution >= 4 is 29.4 Å². The molecule has 8 heteroatoms. The zero-order chi connectivity index (χ0) is 23.0. The molecule has 0 spiro atoms. The van der Waals surface area contributed by atoms with Crippen LogP contribution < -0.4 is 10.6 Å². The third-order valence-electron chi connectivity index (χ3n) is 4.75. The molecule has 2 N–H and O–H groups in total. The summed E-state index contributed by atoms with van der Waals surface area (Å²) in [5, 5.41) is 11.0. The van der Waals surface area contributed by atoms with E-state index in [-0.39, 0.29) is 23.9 Å². The van der Waals surface area contributed by atoms with Crippen LogP contribution in [-0.4, -0.2) is 46.3 Å². The number of hydrogen-bond acceptors (Lipinski definition) is 3. The van der Waals surface area contributed by atoms with Crippen molar-refractivity contribution in [2.75, 3.05) is 25.0 Å². The molecule has 31 heavy (non-hydrogen) atoms. The van der Waals surface area contributed by atoms with E-state index in [1.54, 1.807) is 10.7 Å². The molecule has 0 aliphatic carbocycles. The lowest BCUT2D eigenvalue weighted by Crippen LogP contribution is -2.44. The van der Waals surface area contributed by atoms with E-state index in [0.717, 1.165) is 25.0 Å². The van der Waals surface area contributed by atoms with Gasteiger partial charge in [0.15, 0.2) is 0 Å². The van der Waals surface area contributed by atoms with Crippen LogP contribution >= 0.6 is 11.6 Å². The van der Waals surface area contributed by atoms with Gasteiger partial charge in [-0.2, -0.15) is 5.10 Å². The van der Waals surface area contributed by atoms with Crippen molar-refractivity contribution in [3.8, 4) is 5.69 Å². The van der Waals surface area contributed by atoms with E-state index in [2.05, 4.69) is 38.3 Å². The molecule has 2 rings (SSSR count). The Morgan fingerprint density at radius 3 is 2.48 bits per heavy atom. The number of anilines is 1. The Kier molecular flexibility index (Phi) is 8.92. The van der Waals surface area contributed by atoms with Gasteiger partial charge in [-0.1, -0.05) is 64.8 Å². The number of nitrogens with one attached hydrogen (secondary N) is 2. The number of nitrogens with zero attached hydrogens (tertiary/aromatic N) is 3. The van der Waals surface area contributed by atoms with E-state index in [9.17, 15) is 9.59 Å². The molecule has 2 aromatic rings. The van der Waals surface area contributed by atoms with Gasteiger partial charge in [-0.05, 0) is 25.0 Å². The van der Waals surface area contributed by atoms with Crippen LogP contribution in [-0.2, 0) is 10.2 Å². The molecule has 1 heterocycles. The molecule has 0 unspecified atom stereocenters. The number of carbonyl (C=O) groups is 2. The van der Waals surface area contributed by atoms with Crippen LogP contribution in [0.1, 0.15) is 59.6 Å². The van der Waals surface area contributed by atoms with Crippen molar-refractivity contribution < 1.29 is 9.59 Å². The standard InChI is InChI=1S/C23H34ClN5O2/c1-6-8-13-25-22(31)28(14-7-2)16-21(30)26-20-15-19(23(3,4)5)27-29(20)18-12-10-9-11-17(18)24/h9-12,15H,6-8,13-14,16H2,1-5H3,(H,25,31)(H,26,30). The topological polar surface area (TPSA) is 79.3 Å². The first-order valence-corrected chi connectivity index (χ1v) is 11.2. The Labute approximate surface area is 190 Å². The minimum Gasteiger partial charge on any atom is -0.338 e. The van der Waals surface area contributed by atoms with Crippen molar-refractivity contribution in [1.29, 1.82) is 0 Å². The van der Waals surface area contributed by atoms with Gasteiger partial charge in [0, 0.05) is 24.6 Å². The van der Waals surface area contributed by atoms with Gasteiger partial charge in [-0.25, -0.2) is 9.48 Å². The summed E-state index contributed by atoms with van der Waals surface area (Å²) in [6.07, 6.45) is 2.67. The number of para-hydroxylation sites is 1. The summed E-state index contributed by atoms with van der Waals surface area (Å²) < 4.78 is 1.65. The summed E-state index contributed by atoms with van der Waals surface area (Å²) in [5.41, 5.74) is 1.29. The maximum Gasteiger partial charge on any atom is 0.317 e. The quantitative estimate of drug-likeness (QED) is 0.532. The predicted octanol–water partition coefficient (Wildman–Crippen LogP) is 4.98. The van der Waals surface area contributed by atoms with Gasteiger partial charge in [0.1, 0.15) is 12.4 Å². The fraction of sp³-hybridized carbons (Fsp3) is 0.522. The summed E-state index contributed by atoms with van der Waals surface area (Å²) in [6.45, 7) is 11.3. The average Bonchev–Trinajstić information content (AvgIpc) is 3.12. The maximum atomic E-state index is 12.9. The number of benzene rings is 1. The van der Waals surface area contributed by atoms with Gasteiger partial charge in [0.25, 0.3) is 0 Å². The van der Waals surface area contributed by atoms with Crippen LogP contribution in [0.15, 0.2) is 30.3 Å². The Hall–Kier alpha value is -2.54. The van der Waals surface area contributed by atoms with Gasteiger partial charge in [0.05, 0.1) is 16.4 Å². The Bertz CT molecular complexity index is 888. The maximum absolute atomic E-state index is 12.9. The highest BCUT2D eigenvalue weighted by Gasteiger charge is 2.23. The molecule has 0 fully saturated rings. The first kappa shape index (κ1) is 24.7. The predicted molar refractivity (Wildman–Crippen MR) is 126 cm³/mol. The van der Waals surface area contributed by atoms with Crippen molar-refractivity contribution in [1.82, 2.24) is 20.0 Å². The zero-order valence-electron chi connectivity index (χ0n) is 19.2. The van der Waals surface area contributed by atoms with Gasteiger partial charge in [0.2, 0.25) is 5.91 Å². The van der Waals surface area contributed by atoms with E-state index < -0.39 is 0 Å². The number of unbranched alkanes of at least 4 members (excludes halogenated alkanes) is 1. The third kappa shape index (κ3) is 6.99. The van der Waals surface area contributed by atoms with Gasteiger partial charge >= 0.3 is 6.03 Å². The van der Waals surface area contributed by atoms with E-state index >= 15 is 0 Å². The number of aromatic nitrogens is 2. The monoisotopic (exact) mass is 447 g/mol. The molecule has 170 valence electrons. The Morgan fingerprint density at radius 1 is 1.16 bits per heavy atom. The fourth-order valence-corrected chi connectivity index (χ4v) is 3.22. The number of amides is 3. The highest BCUT2D eigenvalue weighted by Crippen LogP contribution is 2.29. The van der Waals surface area contributed by atoms with E-state index in [1.165, 1.54) is 4.90 Å². The molecular weight excluding hydrogens is 414 g/mol. The molecule has 0 saturated carbocycles. The largest absolute Gasteiger partial charge is 0.338 e. The molecule has 7 nitrogen and oxygen atoms in total. The third-order valence-corrected chi connectivity index (χ3v) is 5.07. The Morgan fingerprint density at radius 2 is 1.87 bits per heavy atom. The second-order valence-corrected chi connectivity index (χ2v) is 8.99. The SMILES string of the molecule is CCCCNC(=O)N(CCC)CC(=O)Nc1cc(C(C)(C)C)nn1-c1ccccc1Cl. The van der Waals surface area contributed by atoms with E-state index in [4.69, 9.17) is 16.7 Å². The molecule has 0 bridgehead atoms. The molecular formula is C23H34ClN5O2. The van der Waals surface area contributed by atoms with Crippen LogP contribution in [0.2, 0.25) is 5.02 Å². The molecule has 1 aromatic heterocycles. The number of carbonyl (C=O) groups excluding carboxylic acids is 2. The molecule has 0 saturated heterocycles. The normalized spacial score (nSPS) is 11.3. The van der Waals surface area contributed by atoms with Gasteiger partial charge in [-0.3, -0.25) is 4.79 Å². The van der Waals surface area contributed by atoms with Crippen LogP contribution in [0.4, 0.5) is 10.6 Å². The van der Waals surface area contributed by atoms with E-state index in [0.29, 0.717) is 29.6 Å². The molecule has 0 atom stereocenters. The Balaban J connectivity index is 2.23. The summed E-state index contributed by atoms with van der Waals surface area (Å²) in [7, 11) is 0. The number of urea groups is 1. The first-order chi connectivity index (χ1) is 14.7. The second kappa shape index (κ2) is 11.2. The summed E-state index contributed by atoms with van der Waals surface area (Å²) in [4.78, 5) is 26.9. The molecule has 0 radical (unpaired) electrons. The lowest BCUT2D eigenvalue weighted by atomic mass is 9.92. The van der Waals surface area contributed by atoms with Crippen LogP contribution in [0, 0.1) is 0 Å². The summed E-state index contributed by atoms with van der Waals surface area (Å²) in [5.74, 6) is 0.235. The van der Waals surface area contributed by atoms with Crippen molar-refractivity contribution in [2.45, 2.75) is 59.3 Å². The number of halogens is 1. The first-order valence-electron chi connectivity index (χ1n) is 10.9. The minimum absolute atomic E-state index is 0.0373. The molecule has 1 aromatic carbocycles. The minimum atomic E-state index is -0.284. The van der Waals surface area contributed by atoms with Crippen LogP contribution in [0.5, 0.6) is 0 Å². The number of hydrogen-bond donors (Lipinski definition) is 2. The molecule has 3 amide bonds. The summed E-state index contributed by atoms with van der Waals surface area (Å²) >= 11 is 6.38. The van der Waals surface area contributed by atoms with Crippen molar-refractivity contribution in [2.24, 2.45) is 0 Å². The summed E-state index contributed by atoms with van der Waals surface area (Å²) in [6, 6.07) is 8.98. The molecule has 0 aliphatic rings. The van der Waals surface area contributed by atoms with E-state index in [1.807, 2.05) is 31.2 Å².